The van der Waals surface area contributed by atoms with E-state index in [-0.39, 0.29) is 0 Å². The van der Waals surface area contributed by atoms with Crippen molar-refractivity contribution in [1.82, 2.24) is 8.75 Å². The van der Waals surface area contributed by atoms with Crippen molar-refractivity contribution in [3.8, 4) is 0 Å². The molecule has 0 N–H and O–H groups in total. The zero-order valence-corrected chi connectivity index (χ0v) is 14.3. The van der Waals surface area contributed by atoms with E-state index < -0.39 is 31.7 Å². The van der Waals surface area contributed by atoms with Crippen LogP contribution < -0.4 is 0 Å². The van der Waals surface area contributed by atoms with E-state index >= 15 is 0 Å². The molecule has 1 heterocycles. The van der Waals surface area contributed by atoms with Crippen LogP contribution in [0.5, 0.6) is 0 Å². The lowest BCUT2D eigenvalue weighted by Crippen LogP contribution is -2.07. The van der Waals surface area contributed by atoms with E-state index in [0.29, 0.717) is 20.8 Å². The summed E-state index contributed by atoms with van der Waals surface area (Å²) >= 11 is 1.02. The molecule has 0 saturated carbocycles. The second kappa shape index (κ2) is 4.56. The fourth-order valence-corrected chi connectivity index (χ4v) is 5.39. The fraction of sp³-hybridized carbons (Fsp3) is 0.500. The van der Waals surface area contributed by atoms with Gasteiger partial charge in [0.1, 0.15) is 11.0 Å². The van der Waals surface area contributed by atoms with Crippen LogP contribution in [0.3, 0.4) is 0 Å². The van der Waals surface area contributed by atoms with E-state index in [0.717, 1.165) is 11.7 Å². The van der Waals surface area contributed by atoms with Gasteiger partial charge in [-0.05, 0) is 37.5 Å². The number of benzene rings is 1. The molecule has 2 nitrogen and oxygen atoms in total. The second-order valence-corrected chi connectivity index (χ2v) is 14.6. The van der Waals surface area contributed by atoms with Crippen molar-refractivity contribution in [3.63, 3.8) is 0 Å². The molecule has 7 heteroatoms. The zero-order valence-electron chi connectivity index (χ0n) is 11.9. The number of aromatic nitrogens is 2. The van der Waals surface area contributed by atoms with Gasteiger partial charge in [-0.1, -0.05) is 0 Å². The van der Waals surface area contributed by atoms with Gasteiger partial charge in [0.15, 0.2) is 11.6 Å². The van der Waals surface area contributed by atoms with Crippen molar-refractivity contribution < 1.29 is 8.78 Å². The molecule has 0 radical (unpaired) electrons. The minimum atomic E-state index is -1.42. The molecule has 0 aliphatic heterocycles. The van der Waals surface area contributed by atoms with E-state index in [4.69, 9.17) is 0 Å². The zero-order chi connectivity index (χ0) is 14.6. The molecule has 1 aromatic carbocycles. The molecule has 0 bridgehead atoms. The maximum Gasteiger partial charge on any atom is 0.174 e. The molecular weight excluding hydrogens is 306 g/mol. The SMILES string of the molecule is CS(C)(C)c1c(F)c(F)c(S(C)(C)C)c2nsnc12. The second-order valence-electron chi connectivity index (χ2n) is 5.92. The molecular formula is C12H18F2N2S3. The molecule has 0 aliphatic carbocycles. The maximum atomic E-state index is 14.5. The highest BCUT2D eigenvalue weighted by Gasteiger charge is 2.30. The van der Waals surface area contributed by atoms with Gasteiger partial charge in [-0.25, -0.2) is 28.8 Å². The summed E-state index contributed by atoms with van der Waals surface area (Å²) in [5.74, 6) is -1.47. The summed E-state index contributed by atoms with van der Waals surface area (Å²) in [6, 6.07) is 0. The van der Waals surface area contributed by atoms with Crippen LogP contribution >= 0.6 is 31.8 Å². The molecule has 108 valence electrons. The fourth-order valence-electron chi connectivity index (χ4n) is 2.01. The van der Waals surface area contributed by atoms with Crippen molar-refractivity contribution >= 4 is 42.8 Å². The molecule has 2 aromatic rings. The molecule has 0 unspecified atom stereocenters. The molecule has 0 spiro atoms. The van der Waals surface area contributed by atoms with Crippen molar-refractivity contribution in [1.29, 1.82) is 0 Å². The van der Waals surface area contributed by atoms with Crippen molar-refractivity contribution in [3.05, 3.63) is 11.6 Å². The highest BCUT2D eigenvalue weighted by Crippen LogP contribution is 2.56. The Hall–Kier alpha value is -0.400. The lowest BCUT2D eigenvalue weighted by molar-refractivity contribution is 0.478. The lowest BCUT2D eigenvalue weighted by atomic mass is 10.3. The van der Waals surface area contributed by atoms with Crippen LogP contribution in [0, 0.1) is 11.6 Å². The normalized spacial score (nSPS) is 14.9. The van der Waals surface area contributed by atoms with Crippen LogP contribution in [0.25, 0.3) is 11.0 Å². The molecule has 0 fully saturated rings. The van der Waals surface area contributed by atoms with Gasteiger partial charge in [0.25, 0.3) is 0 Å². The number of fused-ring (bicyclic) bond motifs is 1. The Labute approximate surface area is 119 Å². The molecule has 2 rings (SSSR count). The van der Waals surface area contributed by atoms with E-state index in [1.807, 2.05) is 37.5 Å². The van der Waals surface area contributed by atoms with Crippen molar-refractivity contribution in [2.24, 2.45) is 0 Å². The van der Waals surface area contributed by atoms with Gasteiger partial charge in [-0.2, -0.15) is 8.75 Å². The molecule has 0 aliphatic rings. The average Bonchev–Trinajstić information content (AvgIpc) is 2.62. The Bertz CT molecular complexity index is 585. The van der Waals surface area contributed by atoms with Gasteiger partial charge in [0.2, 0.25) is 0 Å². The number of hydrogen-bond acceptors (Lipinski definition) is 3. The van der Waals surface area contributed by atoms with E-state index in [9.17, 15) is 8.78 Å². The summed E-state index contributed by atoms with van der Waals surface area (Å²) in [4.78, 5) is 0.808. The number of hydrogen-bond donors (Lipinski definition) is 0. The third kappa shape index (κ3) is 2.48. The van der Waals surface area contributed by atoms with Crippen LogP contribution in [0.2, 0.25) is 0 Å². The van der Waals surface area contributed by atoms with Crippen molar-refractivity contribution in [2.45, 2.75) is 9.79 Å². The molecule has 19 heavy (non-hydrogen) atoms. The average molecular weight is 324 g/mol. The number of halogens is 2. The Morgan fingerprint density at radius 2 is 1.05 bits per heavy atom. The summed E-state index contributed by atoms with van der Waals surface area (Å²) in [7, 11) is -2.83. The summed E-state index contributed by atoms with van der Waals surface area (Å²) in [5.41, 5.74) is 1.09. The van der Waals surface area contributed by atoms with Crippen LogP contribution in [-0.4, -0.2) is 46.3 Å². The first-order valence-corrected chi connectivity index (χ1v) is 12.0. The number of nitrogens with zero attached hydrogens (tertiary/aromatic N) is 2. The molecule has 0 atom stereocenters. The summed E-state index contributed by atoms with van der Waals surface area (Å²) in [6.07, 6.45) is 11.6. The molecule has 1 aromatic heterocycles. The Kier molecular flexibility index (Phi) is 3.60. The quantitative estimate of drug-likeness (QED) is 0.832. The first-order chi connectivity index (χ1) is 8.55. The third-order valence-corrected chi connectivity index (χ3v) is 6.46. The summed E-state index contributed by atoms with van der Waals surface area (Å²) < 4.78 is 37.4. The molecule has 0 amide bonds. The Balaban J connectivity index is 2.99. The van der Waals surface area contributed by atoms with E-state index in [2.05, 4.69) is 8.75 Å². The summed E-state index contributed by atoms with van der Waals surface area (Å²) in [6.45, 7) is 0. The monoisotopic (exact) mass is 324 g/mol. The van der Waals surface area contributed by atoms with Crippen molar-refractivity contribution in [2.75, 3.05) is 37.5 Å². The van der Waals surface area contributed by atoms with Gasteiger partial charge in [-0.3, -0.25) is 0 Å². The van der Waals surface area contributed by atoms with Crippen LogP contribution in [0.15, 0.2) is 9.79 Å². The number of rotatable bonds is 2. The predicted octanol–water partition coefficient (Wildman–Crippen LogP) is 4.08. The van der Waals surface area contributed by atoms with E-state index in [1.54, 1.807) is 0 Å². The van der Waals surface area contributed by atoms with Crippen LogP contribution in [0.1, 0.15) is 0 Å². The smallest absolute Gasteiger partial charge is 0.174 e. The first-order valence-electron chi connectivity index (χ1n) is 5.55. The Morgan fingerprint density at radius 3 is 1.32 bits per heavy atom. The first kappa shape index (κ1) is 15.0. The van der Waals surface area contributed by atoms with Crippen LogP contribution in [0.4, 0.5) is 8.78 Å². The highest BCUT2D eigenvalue weighted by molar-refractivity contribution is 8.32. The predicted molar refractivity (Wildman–Crippen MR) is 84.6 cm³/mol. The van der Waals surface area contributed by atoms with Gasteiger partial charge in [-0.15, -0.1) is 0 Å². The van der Waals surface area contributed by atoms with Crippen LogP contribution in [-0.2, 0) is 0 Å². The summed E-state index contributed by atoms with van der Waals surface area (Å²) in [5, 5.41) is 0. The van der Waals surface area contributed by atoms with Gasteiger partial charge in [0.05, 0.1) is 21.5 Å². The maximum absolute atomic E-state index is 14.5. The topological polar surface area (TPSA) is 25.8 Å². The van der Waals surface area contributed by atoms with Gasteiger partial charge in [0, 0.05) is 0 Å². The largest absolute Gasteiger partial charge is 0.218 e. The Morgan fingerprint density at radius 1 is 0.737 bits per heavy atom. The molecule has 0 saturated heterocycles. The third-order valence-electron chi connectivity index (χ3n) is 2.73. The standard InChI is InChI=1S/C12H18F2N2S3/c1-18(2,3)11-7(13)8(14)12(19(4,5)6)10-9(11)15-17-16-10/h1-6H3. The highest BCUT2D eigenvalue weighted by atomic mass is 32.3. The lowest BCUT2D eigenvalue weighted by Gasteiger charge is -2.31. The van der Waals surface area contributed by atoms with Gasteiger partial charge < -0.3 is 0 Å². The van der Waals surface area contributed by atoms with E-state index in [1.165, 1.54) is 0 Å². The van der Waals surface area contributed by atoms with Gasteiger partial charge >= 0.3 is 0 Å². The minimum Gasteiger partial charge on any atom is -0.218 e. The minimum absolute atomic E-state index is 0.404.